The van der Waals surface area contributed by atoms with Crippen LogP contribution in [0.25, 0.3) is 0 Å². The number of nitrogens with one attached hydrogen (secondary N) is 1. The van der Waals surface area contributed by atoms with Crippen LogP contribution in [0.4, 0.5) is 4.39 Å². The van der Waals surface area contributed by atoms with Crippen molar-refractivity contribution in [2.24, 2.45) is 5.92 Å². The first-order chi connectivity index (χ1) is 7.67. The van der Waals surface area contributed by atoms with Gasteiger partial charge in [-0.3, -0.25) is 0 Å². The summed E-state index contributed by atoms with van der Waals surface area (Å²) < 4.78 is 12.8. The predicted octanol–water partition coefficient (Wildman–Crippen LogP) is 2.49. The topological polar surface area (TPSA) is 32.3 Å². The summed E-state index contributed by atoms with van der Waals surface area (Å²) >= 11 is 0. The second-order valence-electron chi connectivity index (χ2n) is 4.21. The molecule has 0 bridgehead atoms. The fraction of sp³-hybridized carbons (Fsp3) is 0.538. The molecule has 1 rings (SSSR count). The highest BCUT2D eigenvalue weighted by atomic mass is 19.1. The van der Waals surface area contributed by atoms with E-state index in [0.29, 0.717) is 0 Å². The molecule has 0 amide bonds. The van der Waals surface area contributed by atoms with E-state index in [4.69, 9.17) is 5.11 Å². The third-order valence-electron chi connectivity index (χ3n) is 2.71. The minimum absolute atomic E-state index is 0.187. The van der Waals surface area contributed by atoms with Crippen LogP contribution in [0.15, 0.2) is 24.3 Å². The quantitative estimate of drug-likeness (QED) is 0.779. The molecule has 16 heavy (non-hydrogen) atoms. The molecule has 1 aromatic rings. The van der Waals surface area contributed by atoms with Gasteiger partial charge < -0.3 is 10.4 Å². The number of hydrogen-bond donors (Lipinski definition) is 2. The van der Waals surface area contributed by atoms with E-state index in [2.05, 4.69) is 12.2 Å². The van der Waals surface area contributed by atoms with Crippen molar-refractivity contribution in [1.82, 2.24) is 5.32 Å². The van der Waals surface area contributed by atoms with E-state index in [1.807, 2.05) is 6.92 Å². The molecule has 0 aromatic heterocycles. The van der Waals surface area contributed by atoms with Crippen molar-refractivity contribution in [2.75, 3.05) is 13.2 Å². The molecule has 2 atom stereocenters. The first kappa shape index (κ1) is 13.1. The highest BCUT2D eigenvalue weighted by Crippen LogP contribution is 2.17. The molecular formula is C13H20FNO. The van der Waals surface area contributed by atoms with Gasteiger partial charge >= 0.3 is 0 Å². The van der Waals surface area contributed by atoms with Gasteiger partial charge in [0.2, 0.25) is 0 Å². The van der Waals surface area contributed by atoms with Crippen molar-refractivity contribution in [3.05, 3.63) is 35.6 Å². The second-order valence-corrected chi connectivity index (χ2v) is 4.21. The Bertz CT molecular complexity index is 299. The lowest BCUT2D eigenvalue weighted by Gasteiger charge is -2.19. The Morgan fingerprint density at radius 2 is 1.94 bits per heavy atom. The zero-order valence-corrected chi connectivity index (χ0v) is 9.91. The summed E-state index contributed by atoms with van der Waals surface area (Å²) in [5.41, 5.74) is 1.09. The summed E-state index contributed by atoms with van der Waals surface area (Å²) in [4.78, 5) is 0. The van der Waals surface area contributed by atoms with E-state index in [9.17, 15) is 4.39 Å². The molecule has 0 spiro atoms. The van der Waals surface area contributed by atoms with E-state index < -0.39 is 0 Å². The van der Waals surface area contributed by atoms with Gasteiger partial charge in [0, 0.05) is 19.2 Å². The molecule has 2 nitrogen and oxygen atoms in total. The fourth-order valence-corrected chi connectivity index (χ4v) is 1.60. The minimum Gasteiger partial charge on any atom is -0.396 e. The summed E-state index contributed by atoms with van der Waals surface area (Å²) in [7, 11) is 0. The second kappa shape index (κ2) is 6.61. The highest BCUT2D eigenvalue weighted by Gasteiger charge is 2.10. The summed E-state index contributed by atoms with van der Waals surface area (Å²) in [6.45, 7) is 5.04. The van der Waals surface area contributed by atoms with Crippen molar-refractivity contribution < 1.29 is 9.50 Å². The van der Waals surface area contributed by atoms with Gasteiger partial charge in [0.05, 0.1) is 0 Å². The molecule has 2 N–H and O–H groups in total. The Morgan fingerprint density at radius 1 is 1.31 bits per heavy atom. The summed E-state index contributed by atoms with van der Waals surface area (Å²) in [6, 6.07) is 6.81. The van der Waals surface area contributed by atoms with Gasteiger partial charge in [-0.15, -0.1) is 0 Å². The van der Waals surface area contributed by atoms with Gasteiger partial charge in [-0.05, 0) is 30.0 Å². The van der Waals surface area contributed by atoms with Gasteiger partial charge in [0.25, 0.3) is 0 Å². The van der Waals surface area contributed by atoms with Crippen LogP contribution in [0, 0.1) is 11.7 Å². The van der Waals surface area contributed by atoms with E-state index >= 15 is 0 Å². The number of rotatable bonds is 6. The molecular weight excluding hydrogens is 205 g/mol. The third-order valence-corrected chi connectivity index (χ3v) is 2.71. The van der Waals surface area contributed by atoms with Crippen LogP contribution < -0.4 is 5.32 Å². The average molecular weight is 225 g/mol. The number of hydrogen-bond acceptors (Lipinski definition) is 2. The van der Waals surface area contributed by atoms with Crippen molar-refractivity contribution in [1.29, 1.82) is 0 Å². The van der Waals surface area contributed by atoms with Crippen LogP contribution in [0.5, 0.6) is 0 Å². The molecule has 0 aliphatic rings. The van der Waals surface area contributed by atoms with Crippen molar-refractivity contribution in [3.63, 3.8) is 0 Å². The minimum atomic E-state index is -0.206. The van der Waals surface area contributed by atoms with Crippen LogP contribution in [-0.2, 0) is 0 Å². The van der Waals surface area contributed by atoms with Crippen LogP contribution in [0.1, 0.15) is 31.9 Å². The lowest BCUT2D eigenvalue weighted by Crippen LogP contribution is -2.27. The van der Waals surface area contributed by atoms with Gasteiger partial charge in [0.15, 0.2) is 0 Å². The van der Waals surface area contributed by atoms with Crippen molar-refractivity contribution >= 4 is 0 Å². The van der Waals surface area contributed by atoms with Crippen LogP contribution in [0.2, 0.25) is 0 Å². The molecule has 90 valence electrons. The third kappa shape index (κ3) is 3.91. The van der Waals surface area contributed by atoms with Gasteiger partial charge in [-0.25, -0.2) is 4.39 Å². The molecule has 0 heterocycles. The van der Waals surface area contributed by atoms with Crippen LogP contribution in [-0.4, -0.2) is 18.3 Å². The standard InChI is InChI=1S/C13H20FNO/c1-3-13(15-8-10(2)9-16)11-4-6-12(14)7-5-11/h4-7,10,13,15-16H,3,8-9H2,1-2H3. The van der Waals surface area contributed by atoms with Crippen molar-refractivity contribution in [2.45, 2.75) is 26.3 Å². The van der Waals surface area contributed by atoms with Gasteiger partial charge in [-0.2, -0.15) is 0 Å². The lowest BCUT2D eigenvalue weighted by atomic mass is 10.0. The van der Waals surface area contributed by atoms with E-state index in [1.165, 1.54) is 12.1 Å². The Balaban J connectivity index is 2.57. The molecule has 0 aliphatic carbocycles. The predicted molar refractivity (Wildman–Crippen MR) is 63.7 cm³/mol. The van der Waals surface area contributed by atoms with Crippen molar-refractivity contribution in [3.8, 4) is 0 Å². The summed E-state index contributed by atoms with van der Waals surface area (Å²) in [6.07, 6.45) is 0.948. The zero-order valence-electron chi connectivity index (χ0n) is 9.91. The molecule has 2 unspecified atom stereocenters. The molecule has 0 aliphatic heterocycles. The fourth-order valence-electron chi connectivity index (χ4n) is 1.60. The molecule has 0 radical (unpaired) electrons. The maximum Gasteiger partial charge on any atom is 0.123 e. The van der Waals surface area contributed by atoms with Gasteiger partial charge in [0.1, 0.15) is 5.82 Å². The average Bonchev–Trinajstić information content (AvgIpc) is 2.31. The first-order valence-corrected chi connectivity index (χ1v) is 5.77. The first-order valence-electron chi connectivity index (χ1n) is 5.77. The molecule has 0 saturated heterocycles. The van der Waals surface area contributed by atoms with Crippen LogP contribution in [0.3, 0.4) is 0 Å². The van der Waals surface area contributed by atoms with E-state index in [-0.39, 0.29) is 24.4 Å². The number of aliphatic hydroxyl groups is 1. The SMILES string of the molecule is CCC(NCC(C)CO)c1ccc(F)cc1. The normalized spacial score (nSPS) is 14.8. The maximum atomic E-state index is 12.8. The Hall–Kier alpha value is -0.930. The smallest absolute Gasteiger partial charge is 0.123 e. The Labute approximate surface area is 96.5 Å². The lowest BCUT2D eigenvalue weighted by molar-refractivity contribution is 0.229. The number of aliphatic hydroxyl groups excluding tert-OH is 1. The molecule has 0 fully saturated rings. The maximum absolute atomic E-state index is 12.8. The monoisotopic (exact) mass is 225 g/mol. The summed E-state index contributed by atoms with van der Waals surface area (Å²) in [5.74, 6) is 0.0387. The summed E-state index contributed by atoms with van der Waals surface area (Å²) in [5, 5.41) is 12.3. The molecule has 1 aromatic carbocycles. The van der Waals surface area contributed by atoms with Gasteiger partial charge in [-0.1, -0.05) is 26.0 Å². The number of benzene rings is 1. The zero-order chi connectivity index (χ0) is 12.0. The Morgan fingerprint density at radius 3 is 2.44 bits per heavy atom. The number of halogens is 1. The Kier molecular flexibility index (Phi) is 5.43. The molecule has 3 heteroatoms. The largest absolute Gasteiger partial charge is 0.396 e. The van der Waals surface area contributed by atoms with Crippen LogP contribution >= 0.6 is 0 Å². The van der Waals surface area contributed by atoms with E-state index in [1.54, 1.807) is 12.1 Å². The highest BCUT2D eigenvalue weighted by molar-refractivity contribution is 5.19. The molecule has 0 saturated carbocycles. The van der Waals surface area contributed by atoms with E-state index in [0.717, 1.165) is 18.5 Å².